The summed E-state index contributed by atoms with van der Waals surface area (Å²) in [6, 6.07) is 16.9. The molecule has 0 saturated carbocycles. The number of ether oxygens (including phenoxy) is 1. The van der Waals surface area contributed by atoms with Crippen molar-refractivity contribution in [3.05, 3.63) is 60.2 Å². The van der Waals surface area contributed by atoms with Crippen LogP contribution in [0.25, 0.3) is 0 Å². The van der Waals surface area contributed by atoms with Gasteiger partial charge in [-0.25, -0.2) is 13.2 Å². The minimum Gasteiger partial charge on any atom is -0.444 e. The Morgan fingerprint density at radius 3 is 2.41 bits per heavy atom. The molecule has 2 aromatic rings. The van der Waals surface area contributed by atoms with E-state index in [0.717, 1.165) is 11.3 Å². The largest absolute Gasteiger partial charge is 0.444 e. The molecule has 7 nitrogen and oxygen atoms in total. The molecule has 1 aliphatic heterocycles. The van der Waals surface area contributed by atoms with E-state index < -0.39 is 16.1 Å². The van der Waals surface area contributed by atoms with Gasteiger partial charge in [0.25, 0.3) is 0 Å². The van der Waals surface area contributed by atoms with E-state index in [-0.39, 0.29) is 6.61 Å². The molecule has 0 radical (unpaired) electrons. The van der Waals surface area contributed by atoms with Crippen LogP contribution in [0.4, 0.5) is 16.2 Å². The number of nitrogens with one attached hydrogen (secondary N) is 1. The molecule has 27 heavy (non-hydrogen) atoms. The van der Waals surface area contributed by atoms with Crippen LogP contribution in [0.15, 0.2) is 54.6 Å². The Balaban J connectivity index is 1.55. The molecule has 0 aliphatic carbocycles. The Labute approximate surface area is 159 Å². The topological polar surface area (TPSA) is 79.0 Å². The average molecular weight is 389 g/mol. The lowest BCUT2D eigenvalue weighted by Gasteiger charge is -2.34. The summed E-state index contributed by atoms with van der Waals surface area (Å²) >= 11 is 0. The maximum Gasteiger partial charge on any atom is 0.411 e. The lowest BCUT2D eigenvalue weighted by molar-refractivity contribution is 0.155. The number of hydrogen-bond acceptors (Lipinski definition) is 5. The Kier molecular flexibility index (Phi) is 5.98. The number of piperazine rings is 1. The number of sulfonamides is 1. The third-order valence-electron chi connectivity index (χ3n) is 4.38. The summed E-state index contributed by atoms with van der Waals surface area (Å²) in [5, 5.41) is 2.73. The molecule has 3 rings (SSSR count). The Morgan fingerprint density at radius 1 is 1.04 bits per heavy atom. The van der Waals surface area contributed by atoms with E-state index in [4.69, 9.17) is 4.74 Å². The van der Waals surface area contributed by atoms with Crippen LogP contribution in [0.3, 0.4) is 0 Å². The van der Waals surface area contributed by atoms with Crippen LogP contribution in [0.2, 0.25) is 0 Å². The predicted molar refractivity (Wildman–Crippen MR) is 105 cm³/mol. The fourth-order valence-corrected chi connectivity index (χ4v) is 3.76. The van der Waals surface area contributed by atoms with Crippen LogP contribution >= 0.6 is 0 Å². The van der Waals surface area contributed by atoms with Crippen molar-refractivity contribution >= 4 is 27.5 Å². The molecule has 0 unspecified atom stereocenters. The predicted octanol–water partition coefficient (Wildman–Crippen LogP) is 2.52. The fraction of sp³-hybridized carbons (Fsp3) is 0.316. The molecular weight excluding hydrogens is 366 g/mol. The van der Waals surface area contributed by atoms with Gasteiger partial charge >= 0.3 is 6.09 Å². The fourth-order valence-electron chi connectivity index (χ4n) is 2.94. The summed E-state index contributed by atoms with van der Waals surface area (Å²) in [6.45, 7) is 2.33. The SMILES string of the molecule is CS(=O)(=O)N1CCN(c2cccc(NC(=O)OCc3ccccc3)c2)CC1. The van der Waals surface area contributed by atoms with Gasteiger partial charge in [0.05, 0.1) is 6.26 Å². The highest BCUT2D eigenvalue weighted by Gasteiger charge is 2.23. The highest BCUT2D eigenvalue weighted by molar-refractivity contribution is 7.88. The first-order valence-electron chi connectivity index (χ1n) is 8.70. The van der Waals surface area contributed by atoms with Crippen molar-refractivity contribution < 1.29 is 17.9 Å². The highest BCUT2D eigenvalue weighted by atomic mass is 32.2. The van der Waals surface area contributed by atoms with Gasteiger partial charge in [-0.15, -0.1) is 0 Å². The second-order valence-corrected chi connectivity index (χ2v) is 8.37. The molecule has 1 aliphatic rings. The summed E-state index contributed by atoms with van der Waals surface area (Å²) in [5.41, 5.74) is 2.49. The van der Waals surface area contributed by atoms with Gasteiger partial charge in [0.2, 0.25) is 10.0 Å². The minimum absolute atomic E-state index is 0.208. The van der Waals surface area contributed by atoms with Crippen molar-refractivity contribution in [2.45, 2.75) is 6.61 Å². The van der Waals surface area contributed by atoms with Gasteiger partial charge in [0.1, 0.15) is 6.61 Å². The molecule has 144 valence electrons. The zero-order chi connectivity index (χ0) is 19.3. The molecule has 1 heterocycles. The zero-order valence-electron chi connectivity index (χ0n) is 15.2. The molecular formula is C19H23N3O4S. The molecule has 2 aromatic carbocycles. The Morgan fingerprint density at radius 2 is 1.74 bits per heavy atom. The lowest BCUT2D eigenvalue weighted by Crippen LogP contribution is -2.48. The van der Waals surface area contributed by atoms with Crippen LogP contribution in [-0.4, -0.2) is 51.3 Å². The first-order chi connectivity index (χ1) is 12.9. The molecule has 1 amide bonds. The number of anilines is 2. The number of carbonyl (C=O) groups excluding carboxylic acids is 1. The van der Waals surface area contributed by atoms with Crippen LogP contribution in [0, 0.1) is 0 Å². The van der Waals surface area contributed by atoms with Gasteiger partial charge in [-0.3, -0.25) is 5.32 Å². The number of rotatable bonds is 5. The second-order valence-electron chi connectivity index (χ2n) is 6.39. The van der Waals surface area contributed by atoms with Crippen molar-refractivity contribution in [2.75, 3.05) is 42.7 Å². The van der Waals surface area contributed by atoms with E-state index >= 15 is 0 Å². The summed E-state index contributed by atoms with van der Waals surface area (Å²) in [5.74, 6) is 0. The third kappa shape index (κ3) is 5.45. The average Bonchev–Trinajstić information content (AvgIpc) is 2.67. The quantitative estimate of drug-likeness (QED) is 0.850. The highest BCUT2D eigenvalue weighted by Crippen LogP contribution is 2.21. The number of benzene rings is 2. The van der Waals surface area contributed by atoms with E-state index in [1.165, 1.54) is 10.6 Å². The van der Waals surface area contributed by atoms with Gasteiger partial charge in [-0.2, -0.15) is 4.31 Å². The van der Waals surface area contributed by atoms with Crippen molar-refractivity contribution in [1.82, 2.24) is 4.31 Å². The summed E-state index contributed by atoms with van der Waals surface area (Å²) in [6.07, 6.45) is 0.715. The Bertz CT molecular complexity index is 879. The normalized spacial score (nSPS) is 15.4. The van der Waals surface area contributed by atoms with Crippen molar-refractivity contribution in [1.29, 1.82) is 0 Å². The molecule has 0 bridgehead atoms. The smallest absolute Gasteiger partial charge is 0.411 e. The summed E-state index contributed by atoms with van der Waals surface area (Å²) in [7, 11) is -3.15. The lowest BCUT2D eigenvalue weighted by atomic mass is 10.2. The van der Waals surface area contributed by atoms with E-state index in [0.29, 0.717) is 31.9 Å². The van der Waals surface area contributed by atoms with Gasteiger partial charge in [-0.05, 0) is 23.8 Å². The zero-order valence-corrected chi connectivity index (χ0v) is 16.0. The van der Waals surface area contributed by atoms with Crippen LogP contribution in [0.1, 0.15) is 5.56 Å². The summed E-state index contributed by atoms with van der Waals surface area (Å²) < 4.78 is 29.9. The molecule has 1 saturated heterocycles. The molecule has 0 aromatic heterocycles. The molecule has 0 atom stereocenters. The van der Waals surface area contributed by atoms with E-state index in [1.54, 1.807) is 6.07 Å². The number of carbonyl (C=O) groups is 1. The standard InChI is InChI=1S/C19H23N3O4S/c1-27(24,25)22-12-10-21(11-13-22)18-9-5-8-17(14-18)20-19(23)26-15-16-6-3-2-4-7-16/h2-9,14H,10-13,15H2,1H3,(H,20,23). The monoisotopic (exact) mass is 389 g/mol. The summed E-state index contributed by atoms with van der Waals surface area (Å²) in [4.78, 5) is 14.1. The van der Waals surface area contributed by atoms with Crippen LogP contribution in [0.5, 0.6) is 0 Å². The van der Waals surface area contributed by atoms with Crippen molar-refractivity contribution in [3.63, 3.8) is 0 Å². The Hall–Kier alpha value is -2.58. The minimum atomic E-state index is -3.15. The van der Waals surface area contributed by atoms with Crippen LogP contribution < -0.4 is 10.2 Å². The molecule has 1 N–H and O–H groups in total. The van der Waals surface area contributed by atoms with Crippen molar-refractivity contribution in [3.8, 4) is 0 Å². The third-order valence-corrected chi connectivity index (χ3v) is 5.68. The first-order valence-corrected chi connectivity index (χ1v) is 10.5. The number of nitrogens with zero attached hydrogens (tertiary/aromatic N) is 2. The van der Waals surface area contributed by atoms with Gasteiger partial charge in [0, 0.05) is 37.6 Å². The van der Waals surface area contributed by atoms with Gasteiger partial charge in [-0.1, -0.05) is 36.4 Å². The van der Waals surface area contributed by atoms with Crippen LogP contribution in [-0.2, 0) is 21.4 Å². The van der Waals surface area contributed by atoms with Gasteiger partial charge in [0.15, 0.2) is 0 Å². The maximum absolute atomic E-state index is 12.0. The molecule has 1 fully saturated rings. The molecule has 0 spiro atoms. The van der Waals surface area contributed by atoms with Crippen molar-refractivity contribution in [2.24, 2.45) is 0 Å². The number of amides is 1. The maximum atomic E-state index is 12.0. The number of hydrogen-bond donors (Lipinski definition) is 1. The second kappa shape index (κ2) is 8.41. The van der Waals surface area contributed by atoms with E-state index in [1.807, 2.05) is 48.5 Å². The first kappa shape index (κ1) is 19.2. The molecule has 8 heteroatoms. The van der Waals surface area contributed by atoms with E-state index in [9.17, 15) is 13.2 Å². The van der Waals surface area contributed by atoms with Gasteiger partial charge < -0.3 is 9.64 Å². The van der Waals surface area contributed by atoms with E-state index in [2.05, 4.69) is 10.2 Å².